The summed E-state index contributed by atoms with van der Waals surface area (Å²) in [4.78, 5) is 0.218. The normalized spacial score (nSPS) is 21.8. The van der Waals surface area contributed by atoms with E-state index in [0.717, 1.165) is 43.5 Å². The van der Waals surface area contributed by atoms with Gasteiger partial charge >= 0.3 is 0 Å². The fourth-order valence-corrected chi connectivity index (χ4v) is 8.01. The maximum Gasteiger partial charge on any atom is 0.248 e. The highest BCUT2D eigenvalue weighted by Crippen LogP contribution is 2.48. The van der Waals surface area contributed by atoms with E-state index in [9.17, 15) is 12.8 Å². The Balaban J connectivity index is 1.30. The Hall–Kier alpha value is -2.78. The molecule has 0 N–H and O–H groups in total. The van der Waals surface area contributed by atoms with Crippen molar-refractivity contribution in [2.75, 3.05) is 13.1 Å². The SMILES string of the molecule is Cc1noc(C)c1S(=O)(=O)N(CC1CC1)C[C@H]1CCC2=C1[C@@H](C)c1cnn(-c3ccc(F)cc3)c1C2. The molecule has 0 bridgehead atoms. The van der Waals surface area contributed by atoms with Crippen molar-refractivity contribution in [3.05, 3.63) is 70.1 Å². The number of fused-ring (bicyclic) bond motifs is 1. The summed E-state index contributed by atoms with van der Waals surface area (Å²) in [6.07, 6.45) is 6.78. The van der Waals surface area contributed by atoms with Gasteiger partial charge in [0.1, 0.15) is 16.4 Å². The lowest BCUT2D eigenvalue weighted by molar-refractivity contribution is 0.345. The van der Waals surface area contributed by atoms with Crippen molar-refractivity contribution in [3.8, 4) is 5.69 Å². The van der Waals surface area contributed by atoms with Crippen LogP contribution in [-0.2, 0) is 16.4 Å². The number of aromatic nitrogens is 3. The molecule has 0 spiro atoms. The van der Waals surface area contributed by atoms with Crippen molar-refractivity contribution in [2.24, 2.45) is 11.8 Å². The predicted molar refractivity (Wildman–Crippen MR) is 133 cm³/mol. The van der Waals surface area contributed by atoms with Gasteiger partial charge in [0.15, 0.2) is 5.76 Å². The van der Waals surface area contributed by atoms with Gasteiger partial charge in [0.05, 0.1) is 17.6 Å². The molecule has 0 saturated heterocycles. The van der Waals surface area contributed by atoms with Crippen molar-refractivity contribution in [3.63, 3.8) is 0 Å². The maximum absolute atomic E-state index is 13.8. The van der Waals surface area contributed by atoms with E-state index in [1.54, 1.807) is 30.3 Å². The molecule has 2 atom stereocenters. The van der Waals surface area contributed by atoms with Gasteiger partial charge in [-0.3, -0.25) is 0 Å². The van der Waals surface area contributed by atoms with Crippen LogP contribution < -0.4 is 0 Å². The molecule has 3 aliphatic rings. The summed E-state index contributed by atoms with van der Waals surface area (Å²) < 4.78 is 49.9. The summed E-state index contributed by atoms with van der Waals surface area (Å²) in [6.45, 7) is 6.60. The van der Waals surface area contributed by atoms with Crippen LogP contribution in [0.15, 0.2) is 51.0 Å². The van der Waals surface area contributed by atoms with Crippen molar-refractivity contribution in [1.82, 2.24) is 19.2 Å². The third kappa shape index (κ3) is 3.93. The molecule has 2 heterocycles. The summed E-state index contributed by atoms with van der Waals surface area (Å²) in [5, 5.41) is 8.55. The first-order valence-electron chi connectivity index (χ1n) is 12.7. The first kappa shape index (κ1) is 23.6. The second-order valence-corrected chi connectivity index (χ2v) is 12.4. The van der Waals surface area contributed by atoms with Crippen LogP contribution in [0, 0.1) is 31.5 Å². The monoisotopic (exact) mass is 510 g/mol. The molecule has 36 heavy (non-hydrogen) atoms. The number of sulfonamides is 1. The third-order valence-electron chi connectivity index (χ3n) is 8.08. The van der Waals surface area contributed by atoms with Gasteiger partial charge in [-0.15, -0.1) is 0 Å². The average molecular weight is 511 g/mol. The van der Waals surface area contributed by atoms with Gasteiger partial charge in [0.2, 0.25) is 10.0 Å². The van der Waals surface area contributed by atoms with Crippen molar-refractivity contribution in [2.45, 2.75) is 63.7 Å². The van der Waals surface area contributed by atoms with E-state index in [1.807, 2.05) is 10.9 Å². The Morgan fingerprint density at radius 1 is 1.14 bits per heavy atom. The van der Waals surface area contributed by atoms with E-state index in [1.165, 1.54) is 28.8 Å². The van der Waals surface area contributed by atoms with Crippen LogP contribution in [-0.4, -0.2) is 40.7 Å². The summed E-state index contributed by atoms with van der Waals surface area (Å²) >= 11 is 0. The highest BCUT2D eigenvalue weighted by Gasteiger charge is 2.41. The second kappa shape index (κ2) is 8.66. The number of aryl methyl sites for hydroxylation is 2. The van der Waals surface area contributed by atoms with Gasteiger partial charge in [-0.25, -0.2) is 17.5 Å². The van der Waals surface area contributed by atoms with Crippen LogP contribution in [0.3, 0.4) is 0 Å². The van der Waals surface area contributed by atoms with E-state index < -0.39 is 10.0 Å². The lowest BCUT2D eigenvalue weighted by atomic mass is 9.80. The van der Waals surface area contributed by atoms with Crippen LogP contribution in [0.5, 0.6) is 0 Å². The van der Waals surface area contributed by atoms with Gasteiger partial charge in [0, 0.05) is 31.0 Å². The lowest BCUT2D eigenvalue weighted by Crippen LogP contribution is -2.38. The quantitative estimate of drug-likeness (QED) is 0.414. The Kier molecular flexibility index (Phi) is 5.68. The van der Waals surface area contributed by atoms with E-state index in [-0.39, 0.29) is 22.5 Å². The molecule has 1 aromatic carbocycles. The molecule has 0 unspecified atom stereocenters. The Bertz CT molecular complexity index is 1430. The molecule has 3 aliphatic carbocycles. The molecule has 1 fully saturated rings. The van der Waals surface area contributed by atoms with Crippen molar-refractivity contribution in [1.29, 1.82) is 0 Å². The van der Waals surface area contributed by atoms with E-state index >= 15 is 0 Å². The molecule has 0 amide bonds. The molecule has 6 rings (SSSR count). The number of halogens is 1. The van der Waals surface area contributed by atoms with Crippen molar-refractivity contribution >= 4 is 10.0 Å². The zero-order valence-electron chi connectivity index (χ0n) is 20.9. The first-order valence-corrected chi connectivity index (χ1v) is 14.2. The summed E-state index contributed by atoms with van der Waals surface area (Å²) in [5.41, 5.74) is 6.35. The number of rotatable bonds is 7. The molecule has 0 aliphatic heterocycles. The van der Waals surface area contributed by atoms with E-state index in [4.69, 9.17) is 4.52 Å². The zero-order chi connectivity index (χ0) is 25.2. The Morgan fingerprint density at radius 2 is 1.89 bits per heavy atom. The van der Waals surface area contributed by atoms with Gasteiger partial charge in [-0.2, -0.15) is 9.40 Å². The van der Waals surface area contributed by atoms with Gasteiger partial charge in [-0.05, 0) is 75.6 Å². The molecule has 7 nitrogen and oxygen atoms in total. The third-order valence-corrected chi connectivity index (χ3v) is 10.2. The topological polar surface area (TPSA) is 81.2 Å². The fraction of sp³-hybridized carbons (Fsp3) is 0.481. The predicted octanol–water partition coefficient (Wildman–Crippen LogP) is 5.08. The van der Waals surface area contributed by atoms with Crippen LogP contribution in [0.4, 0.5) is 4.39 Å². The highest BCUT2D eigenvalue weighted by molar-refractivity contribution is 7.89. The fourth-order valence-electron chi connectivity index (χ4n) is 6.15. The Labute approximate surface area is 211 Å². The van der Waals surface area contributed by atoms with Gasteiger partial charge < -0.3 is 4.52 Å². The largest absolute Gasteiger partial charge is 0.360 e. The van der Waals surface area contributed by atoms with Crippen molar-refractivity contribution < 1.29 is 17.3 Å². The number of allylic oxidation sites excluding steroid dienone is 1. The smallest absolute Gasteiger partial charge is 0.248 e. The van der Waals surface area contributed by atoms with Crippen LogP contribution in [0.2, 0.25) is 0 Å². The molecule has 0 radical (unpaired) electrons. The average Bonchev–Trinajstić information content (AvgIpc) is 3.24. The molecule has 3 aromatic rings. The van der Waals surface area contributed by atoms with Gasteiger partial charge in [0.25, 0.3) is 0 Å². The lowest BCUT2D eigenvalue weighted by Gasteiger charge is -2.30. The number of hydrogen-bond acceptors (Lipinski definition) is 5. The van der Waals surface area contributed by atoms with Gasteiger partial charge in [-0.1, -0.05) is 23.2 Å². The first-order chi connectivity index (χ1) is 17.2. The minimum atomic E-state index is -3.71. The molecule has 2 aromatic heterocycles. The zero-order valence-corrected chi connectivity index (χ0v) is 21.7. The molecule has 1 saturated carbocycles. The minimum absolute atomic E-state index is 0.162. The molecule has 9 heteroatoms. The molecular formula is C27H31FN4O3S. The van der Waals surface area contributed by atoms with E-state index in [2.05, 4.69) is 17.2 Å². The standard InChI is InChI=1S/C27H31FN4O3S/c1-16-24-13-29-32(23-10-8-22(28)9-11-23)25(24)12-20-6-7-21(26(16)20)15-31(14-19-4-5-19)36(33,34)27-17(2)30-35-18(27)3/h8-11,13,16,19,21H,4-7,12,14-15H2,1-3H3/t16-,21+/m0/s1. The number of benzene rings is 1. The molecular weight excluding hydrogens is 479 g/mol. The van der Waals surface area contributed by atoms with Crippen LogP contribution >= 0.6 is 0 Å². The highest BCUT2D eigenvalue weighted by atomic mass is 32.2. The summed E-state index contributed by atoms with van der Waals surface area (Å²) in [6, 6.07) is 6.42. The molecule has 190 valence electrons. The number of nitrogens with zero attached hydrogens (tertiary/aromatic N) is 4. The summed E-state index contributed by atoms with van der Waals surface area (Å²) in [7, 11) is -3.71. The minimum Gasteiger partial charge on any atom is -0.360 e. The van der Waals surface area contributed by atoms with E-state index in [0.29, 0.717) is 30.5 Å². The van der Waals surface area contributed by atoms with Crippen LogP contribution in [0.1, 0.15) is 61.2 Å². The second-order valence-electron chi connectivity index (χ2n) is 10.5. The number of hydrogen-bond donors (Lipinski definition) is 0. The Morgan fingerprint density at radius 3 is 2.56 bits per heavy atom. The maximum atomic E-state index is 13.8. The van der Waals surface area contributed by atoms with Crippen LogP contribution in [0.25, 0.3) is 5.69 Å². The summed E-state index contributed by atoms with van der Waals surface area (Å²) in [5.74, 6) is 0.850.